The van der Waals surface area contributed by atoms with Crippen LogP contribution in [-0.4, -0.2) is 26.2 Å². The van der Waals surface area contributed by atoms with Gasteiger partial charge in [0, 0.05) is 24.7 Å². The molecule has 0 atom stereocenters. The van der Waals surface area contributed by atoms with Gasteiger partial charge < -0.3 is 14.8 Å². The summed E-state index contributed by atoms with van der Waals surface area (Å²) in [5, 5.41) is 3.14. The summed E-state index contributed by atoms with van der Waals surface area (Å²) < 4.78 is 23.1. The van der Waals surface area contributed by atoms with Crippen LogP contribution in [0.25, 0.3) is 0 Å². The first-order chi connectivity index (χ1) is 9.67. The van der Waals surface area contributed by atoms with Gasteiger partial charge in [0.15, 0.2) is 11.6 Å². The van der Waals surface area contributed by atoms with E-state index < -0.39 is 0 Å². The van der Waals surface area contributed by atoms with E-state index in [0.717, 1.165) is 31.5 Å². The van der Waals surface area contributed by atoms with Gasteiger partial charge in [-0.15, -0.1) is 0 Å². The Morgan fingerprint density at radius 2 is 2.10 bits per heavy atom. The zero-order valence-electron chi connectivity index (χ0n) is 12.1. The maximum atomic E-state index is 13.4. The Morgan fingerprint density at radius 3 is 2.75 bits per heavy atom. The largest absolute Gasteiger partial charge is 0.494 e. The average Bonchev–Trinajstić information content (AvgIpc) is 2.43. The fraction of sp³-hybridized carbons (Fsp3) is 0.533. The van der Waals surface area contributed by atoms with Crippen molar-refractivity contribution >= 4 is 11.7 Å². The highest BCUT2D eigenvalue weighted by Gasteiger charge is 2.03. The molecule has 4 nitrogen and oxygen atoms in total. The molecular formula is C15H22FNO3. The number of methoxy groups -OCH3 is 1. The van der Waals surface area contributed by atoms with Gasteiger partial charge in [-0.05, 0) is 31.9 Å². The molecule has 0 aliphatic carbocycles. The number of nitrogens with one attached hydrogen (secondary N) is 1. The lowest BCUT2D eigenvalue weighted by molar-refractivity contribution is -0.143. The number of benzene rings is 1. The highest BCUT2D eigenvalue weighted by molar-refractivity contribution is 5.69. The summed E-state index contributed by atoms with van der Waals surface area (Å²) in [5.74, 6) is -0.275. The van der Waals surface area contributed by atoms with E-state index in [1.54, 1.807) is 19.1 Å². The molecule has 1 aromatic rings. The molecule has 0 heterocycles. The molecule has 1 N–H and O–H groups in total. The van der Waals surface area contributed by atoms with Crippen molar-refractivity contribution < 1.29 is 18.7 Å². The van der Waals surface area contributed by atoms with Gasteiger partial charge in [-0.1, -0.05) is 6.42 Å². The molecule has 0 fully saturated rings. The summed E-state index contributed by atoms with van der Waals surface area (Å²) in [5.41, 5.74) is 0.730. The van der Waals surface area contributed by atoms with Crippen molar-refractivity contribution in [1.82, 2.24) is 0 Å². The number of esters is 1. The quantitative estimate of drug-likeness (QED) is 0.557. The molecule has 112 valence electrons. The van der Waals surface area contributed by atoms with E-state index in [-0.39, 0.29) is 17.5 Å². The van der Waals surface area contributed by atoms with Crippen molar-refractivity contribution in [2.24, 2.45) is 0 Å². The van der Waals surface area contributed by atoms with Gasteiger partial charge in [-0.3, -0.25) is 4.79 Å². The van der Waals surface area contributed by atoms with E-state index in [2.05, 4.69) is 5.32 Å². The Labute approximate surface area is 119 Å². The molecule has 0 bridgehead atoms. The fourth-order valence-corrected chi connectivity index (χ4v) is 1.81. The summed E-state index contributed by atoms with van der Waals surface area (Å²) in [4.78, 5) is 11.1. The number of ether oxygens (including phenoxy) is 2. The predicted molar refractivity (Wildman–Crippen MR) is 76.5 cm³/mol. The zero-order valence-corrected chi connectivity index (χ0v) is 12.1. The minimum Gasteiger partial charge on any atom is -0.494 e. The molecule has 0 radical (unpaired) electrons. The molecule has 0 aliphatic rings. The molecule has 1 rings (SSSR count). The molecule has 20 heavy (non-hydrogen) atoms. The van der Waals surface area contributed by atoms with Crippen LogP contribution in [0.1, 0.15) is 32.6 Å². The first-order valence-corrected chi connectivity index (χ1v) is 6.90. The molecule has 0 amide bonds. The van der Waals surface area contributed by atoms with Gasteiger partial charge in [-0.2, -0.15) is 0 Å². The Bertz CT molecular complexity index is 424. The Morgan fingerprint density at radius 1 is 1.30 bits per heavy atom. The van der Waals surface area contributed by atoms with Crippen LogP contribution in [0.3, 0.4) is 0 Å². The molecule has 0 saturated heterocycles. The maximum absolute atomic E-state index is 13.4. The maximum Gasteiger partial charge on any atom is 0.305 e. The SMILES string of the molecule is CCOC(=O)CCCCCNc1ccc(OC)c(F)c1. The topological polar surface area (TPSA) is 47.6 Å². The number of halogens is 1. The van der Waals surface area contributed by atoms with Crippen LogP contribution in [-0.2, 0) is 9.53 Å². The molecule has 0 unspecified atom stereocenters. The van der Waals surface area contributed by atoms with Crippen molar-refractivity contribution in [2.75, 3.05) is 25.6 Å². The number of carbonyl (C=O) groups excluding carboxylic acids is 1. The van der Waals surface area contributed by atoms with Crippen LogP contribution in [0.2, 0.25) is 0 Å². The number of anilines is 1. The van der Waals surface area contributed by atoms with Crippen LogP contribution >= 0.6 is 0 Å². The first kappa shape index (κ1) is 16.3. The van der Waals surface area contributed by atoms with Crippen molar-refractivity contribution in [2.45, 2.75) is 32.6 Å². The second-order valence-electron chi connectivity index (χ2n) is 4.39. The molecule has 0 saturated carbocycles. The predicted octanol–water partition coefficient (Wildman–Crippen LogP) is 3.37. The molecule has 0 spiro atoms. The third-order valence-electron chi connectivity index (χ3n) is 2.84. The molecule has 0 aliphatic heterocycles. The number of unbranched alkanes of at least 4 members (excludes halogenated alkanes) is 2. The second-order valence-corrected chi connectivity index (χ2v) is 4.39. The van der Waals surface area contributed by atoms with Gasteiger partial charge in [0.2, 0.25) is 0 Å². The van der Waals surface area contributed by atoms with Gasteiger partial charge in [-0.25, -0.2) is 4.39 Å². The monoisotopic (exact) mass is 283 g/mol. The molecular weight excluding hydrogens is 261 g/mol. The number of rotatable bonds is 9. The molecule has 0 aromatic heterocycles. The Kier molecular flexibility index (Phi) is 7.47. The lowest BCUT2D eigenvalue weighted by Crippen LogP contribution is -2.05. The fourth-order valence-electron chi connectivity index (χ4n) is 1.81. The Hall–Kier alpha value is -1.78. The van der Waals surface area contributed by atoms with Crippen LogP contribution in [0.5, 0.6) is 5.75 Å². The van der Waals surface area contributed by atoms with Crippen LogP contribution < -0.4 is 10.1 Å². The highest BCUT2D eigenvalue weighted by atomic mass is 19.1. The minimum atomic E-state index is -0.375. The zero-order chi connectivity index (χ0) is 14.8. The van der Waals surface area contributed by atoms with Crippen molar-refractivity contribution in [3.8, 4) is 5.75 Å². The van der Waals surface area contributed by atoms with E-state index in [0.29, 0.717) is 13.0 Å². The third kappa shape index (κ3) is 5.91. The standard InChI is InChI=1S/C15H22FNO3/c1-3-20-15(18)7-5-4-6-10-17-12-8-9-14(19-2)13(16)11-12/h8-9,11,17H,3-7,10H2,1-2H3. The van der Waals surface area contributed by atoms with Gasteiger partial charge >= 0.3 is 5.97 Å². The number of carbonyl (C=O) groups is 1. The first-order valence-electron chi connectivity index (χ1n) is 6.90. The van der Waals surface area contributed by atoms with Crippen LogP contribution in [0.4, 0.5) is 10.1 Å². The van der Waals surface area contributed by atoms with Crippen molar-refractivity contribution in [3.63, 3.8) is 0 Å². The average molecular weight is 283 g/mol. The van der Waals surface area contributed by atoms with Crippen LogP contribution in [0, 0.1) is 5.82 Å². The number of hydrogen-bond acceptors (Lipinski definition) is 4. The van der Waals surface area contributed by atoms with E-state index in [4.69, 9.17) is 9.47 Å². The highest BCUT2D eigenvalue weighted by Crippen LogP contribution is 2.20. The minimum absolute atomic E-state index is 0.141. The summed E-state index contributed by atoms with van der Waals surface area (Å²) in [7, 11) is 1.44. The van der Waals surface area contributed by atoms with Gasteiger partial charge in [0.05, 0.1) is 13.7 Å². The van der Waals surface area contributed by atoms with E-state index in [9.17, 15) is 9.18 Å². The lowest BCUT2D eigenvalue weighted by atomic mass is 10.2. The van der Waals surface area contributed by atoms with E-state index in [1.807, 2.05) is 0 Å². The molecule has 5 heteroatoms. The van der Waals surface area contributed by atoms with Crippen molar-refractivity contribution in [3.05, 3.63) is 24.0 Å². The summed E-state index contributed by atoms with van der Waals surface area (Å²) in [6.45, 7) is 2.98. The van der Waals surface area contributed by atoms with E-state index >= 15 is 0 Å². The Balaban J connectivity index is 2.15. The normalized spacial score (nSPS) is 10.2. The second kappa shape index (κ2) is 9.18. The van der Waals surface area contributed by atoms with Gasteiger partial charge in [0.1, 0.15) is 0 Å². The third-order valence-corrected chi connectivity index (χ3v) is 2.84. The summed E-state index contributed by atoms with van der Waals surface area (Å²) in [6, 6.07) is 4.79. The van der Waals surface area contributed by atoms with Gasteiger partial charge in [0.25, 0.3) is 0 Å². The smallest absolute Gasteiger partial charge is 0.305 e. The molecule has 1 aromatic carbocycles. The van der Waals surface area contributed by atoms with Crippen molar-refractivity contribution in [1.29, 1.82) is 0 Å². The number of hydrogen-bond donors (Lipinski definition) is 1. The lowest BCUT2D eigenvalue weighted by Gasteiger charge is -2.08. The van der Waals surface area contributed by atoms with E-state index in [1.165, 1.54) is 13.2 Å². The van der Waals surface area contributed by atoms with Crippen LogP contribution in [0.15, 0.2) is 18.2 Å². The summed E-state index contributed by atoms with van der Waals surface area (Å²) >= 11 is 0. The summed E-state index contributed by atoms with van der Waals surface area (Å²) in [6.07, 6.45) is 3.14.